The van der Waals surface area contributed by atoms with E-state index in [1.54, 1.807) is 41.1 Å². The highest BCUT2D eigenvalue weighted by Crippen LogP contribution is 2.33. The van der Waals surface area contributed by atoms with Crippen molar-refractivity contribution in [3.05, 3.63) is 47.9 Å². The van der Waals surface area contributed by atoms with Gasteiger partial charge in [-0.3, -0.25) is 9.59 Å². The summed E-state index contributed by atoms with van der Waals surface area (Å²) in [4.78, 5) is 33.4. The molecule has 0 bridgehead atoms. The van der Waals surface area contributed by atoms with Crippen molar-refractivity contribution in [2.75, 3.05) is 25.9 Å². The Bertz CT molecular complexity index is 944. The predicted molar refractivity (Wildman–Crippen MR) is 108 cm³/mol. The van der Waals surface area contributed by atoms with E-state index in [0.717, 1.165) is 19.3 Å². The van der Waals surface area contributed by atoms with Crippen molar-refractivity contribution in [2.45, 2.75) is 31.7 Å². The summed E-state index contributed by atoms with van der Waals surface area (Å²) in [6.07, 6.45) is 5.66. The van der Waals surface area contributed by atoms with Crippen LogP contribution in [0.1, 0.15) is 36.0 Å². The summed E-state index contributed by atoms with van der Waals surface area (Å²) >= 11 is 0. The number of pyridine rings is 1. The van der Waals surface area contributed by atoms with Crippen molar-refractivity contribution in [2.24, 2.45) is 5.92 Å². The zero-order valence-electron chi connectivity index (χ0n) is 16.5. The van der Waals surface area contributed by atoms with Gasteiger partial charge in [0.1, 0.15) is 6.04 Å². The molecule has 2 amide bonds. The Morgan fingerprint density at radius 2 is 2.03 bits per heavy atom. The highest BCUT2D eigenvalue weighted by atomic mass is 19.1. The lowest BCUT2D eigenvalue weighted by atomic mass is 9.80. The van der Waals surface area contributed by atoms with Gasteiger partial charge < -0.3 is 15.5 Å². The Labute approximate surface area is 169 Å². The average Bonchev–Trinajstić information content (AvgIpc) is 2.69. The minimum atomic E-state index is -0.593. The Hall–Kier alpha value is -2.96. The molecule has 1 aromatic carbocycles. The van der Waals surface area contributed by atoms with E-state index in [9.17, 15) is 14.0 Å². The molecule has 2 heterocycles. The number of nitrogen functional groups attached to an aromatic ring is 1. The lowest BCUT2D eigenvalue weighted by molar-refractivity contribution is -0.139. The Balaban J connectivity index is 1.60. The second kappa shape index (κ2) is 7.81. The lowest BCUT2D eigenvalue weighted by Gasteiger charge is -2.42. The minimum Gasteiger partial charge on any atom is -0.381 e. The molecule has 1 aliphatic heterocycles. The van der Waals surface area contributed by atoms with Crippen LogP contribution in [0.5, 0.6) is 0 Å². The first-order valence-electron chi connectivity index (χ1n) is 10.0. The second-order valence-electron chi connectivity index (χ2n) is 7.98. The third-order valence-electron chi connectivity index (χ3n) is 6.07. The number of aromatic nitrogens is 1. The SMILES string of the molecule is CN1CCN(C(=O)c2cccc(-c3cnc(N)c(F)c3)c2)[C@H](CC2CCC2)C1=O. The number of hydrogen-bond acceptors (Lipinski definition) is 4. The number of anilines is 1. The van der Waals surface area contributed by atoms with Crippen LogP contribution in [0.4, 0.5) is 10.2 Å². The molecular weight excluding hydrogens is 371 g/mol. The molecule has 1 saturated carbocycles. The molecule has 2 N–H and O–H groups in total. The summed E-state index contributed by atoms with van der Waals surface area (Å²) in [5.74, 6) is -0.389. The smallest absolute Gasteiger partial charge is 0.254 e. The van der Waals surface area contributed by atoms with E-state index < -0.39 is 11.9 Å². The standard InChI is InChI=1S/C22H25FN4O2/c1-26-8-9-27(19(22(26)29)10-14-4-2-5-14)21(28)16-7-3-6-15(11-16)17-12-18(23)20(24)25-13-17/h3,6-7,11-14,19H,2,4-5,8-10H2,1H3,(H2,24,25)/t19-/m1/s1. The molecule has 0 unspecified atom stereocenters. The molecule has 7 heteroatoms. The largest absolute Gasteiger partial charge is 0.381 e. The molecule has 1 atom stereocenters. The molecule has 0 spiro atoms. The molecule has 2 aromatic rings. The minimum absolute atomic E-state index is 0.0115. The fourth-order valence-corrected chi connectivity index (χ4v) is 4.03. The van der Waals surface area contributed by atoms with E-state index in [2.05, 4.69) is 4.98 Å². The first kappa shape index (κ1) is 19.4. The molecule has 0 radical (unpaired) electrons. The number of benzene rings is 1. The van der Waals surface area contributed by atoms with Gasteiger partial charge in [0.25, 0.3) is 5.91 Å². The molecule has 29 heavy (non-hydrogen) atoms. The topological polar surface area (TPSA) is 79.5 Å². The quantitative estimate of drug-likeness (QED) is 0.862. The highest BCUT2D eigenvalue weighted by Gasteiger charge is 2.38. The molecular formula is C22H25FN4O2. The third kappa shape index (κ3) is 3.81. The highest BCUT2D eigenvalue weighted by molar-refractivity contribution is 5.99. The molecule has 2 aliphatic rings. The van der Waals surface area contributed by atoms with Crippen molar-refractivity contribution in [1.29, 1.82) is 0 Å². The van der Waals surface area contributed by atoms with E-state index in [-0.39, 0.29) is 17.6 Å². The summed E-state index contributed by atoms with van der Waals surface area (Å²) in [5, 5.41) is 0. The number of carbonyl (C=O) groups excluding carboxylic acids is 2. The monoisotopic (exact) mass is 396 g/mol. The van der Waals surface area contributed by atoms with E-state index in [0.29, 0.717) is 35.7 Å². The van der Waals surface area contributed by atoms with Crippen LogP contribution in [0, 0.1) is 11.7 Å². The summed E-state index contributed by atoms with van der Waals surface area (Å²) in [6.45, 7) is 1.04. The van der Waals surface area contributed by atoms with Crippen molar-refractivity contribution in [1.82, 2.24) is 14.8 Å². The Morgan fingerprint density at radius 3 is 2.72 bits per heavy atom. The number of piperazine rings is 1. The molecule has 4 rings (SSSR count). The van der Waals surface area contributed by atoms with Gasteiger partial charge in [0, 0.05) is 37.5 Å². The first-order chi connectivity index (χ1) is 13.9. The van der Waals surface area contributed by atoms with E-state index >= 15 is 0 Å². The molecule has 6 nitrogen and oxygen atoms in total. The van der Waals surface area contributed by atoms with Crippen LogP contribution < -0.4 is 5.73 Å². The fraction of sp³-hybridized carbons (Fsp3) is 0.409. The zero-order chi connectivity index (χ0) is 20.5. The van der Waals surface area contributed by atoms with Gasteiger partial charge in [-0.05, 0) is 36.1 Å². The summed E-state index contributed by atoms with van der Waals surface area (Å²) < 4.78 is 13.8. The summed E-state index contributed by atoms with van der Waals surface area (Å²) in [7, 11) is 1.79. The second-order valence-corrected chi connectivity index (χ2v) is 7.98. The van der Waals surface area contributed by atoms with Gasteiger partial charge in [0.2, 0.25) is 5.91 Å². The van der Waals surface area contributed by atoms with Crippen LogP contribution in [-0.2, 0) is 4.79 Å². The van der Waals surface area contributed by atoms with Gasteiger partial charge >= 0.3 is 0 Å². The number of likely N-dealkylation sites (N-methyl/N-ethyl adjacent to an activating group) is 1. The normalized spacial score (nSPS) is 19.9. The molecule has 2 fully saturated rings. The lowest BCUT2D eigenvalue weighted by Crippen LogP contribution is -2.58. The number of carbonyl (C=O) groups is 2. The predicted octanol–water partition coefficient (Wildman–Crippen LogP) is 2.94. The van der Waals surface area contributed by atoms with Crippen molar-refractivity contribution in [3.63, 3.8) is 0 Å². The van der Waals surface area contributed by atoms with Crippen molar-refractivity contribution < 1.29 is 14.0 Å². The van der Waals surface area contributed by atoms with Crippen LogP contribution in [0.3, 0.4) is 0 Å². The Kier molecular flexibility index (Phi) is 5.22. The van der Waals surface area contributed by atoms with Crippen LogP contribution in [-0.4, -0.2) is 52.8 Å². The van der Waals surface area contributed by atoms with E-state index in [1.807, 2.05) is 0 Å². The van der Waals surface area contributed by atoms with Crippen molar-refractivity contribution in [3.8, 4) is 11.1 Å². The van der Waals surface area contributed by atoms with Gasteiger partial charge in [-0.25, -0.2) is 9.37 Å². The van der Waals surface area contributed by atoms with E-state index in [4.69, 9.17) is 5.73 Å². The fourth-order valence-electron chi connectivity index (χ4n) is 4.03. The zero-order valence-corrected chi connectivity index (χ0v) is 16.5. The van der Waals surface area contributed by atoms with Gasteiger partial charge in [0.15, 0.2) is 11.6 Å². The van der Waals surface area contributed by atoms with Crippen LogP contribution in [0.25, 0.3) is 11.1 Å². The maximum atomic E-state index is 13.8. The van der Waals surface area contributed by atoms with Gasteiger partial charge in [0.05, 0.1) is 0 Å². The first-order valence-corrected chi connectivity index (χ1v) is 10.0. The number of amides is 2. The van der Waals surface area contributed by atoms with E-state index in [1.165, 1.54) is 18.7 Å². The Morgan fingerprint density at radius 1 is 1.24 bits per heavy atom. The van der Waals surface area contributed by atoms with Crippen molar-refractivity contribution >= 4 is 17.6 Å². The van der Waals surface area contributed by atoms with Crippen LogP contribution in [0.2, 0.25) is 0 Å². The molecule has 152 valence electrons. The molecule has 1 saturated heterocycles. The number of halogens is 1. The van der Waals surface area contributed by atoms with Gasteiger partial charge in [-0.15, -0.1) is 0 Å². The summed E-state index contributed by atoms with van der Waals surface area (Å²) in [6, 6.07) is 7.91. The maximum Gasteiger partial charge on any atom is 0.254 e. The van der Waals surface area contributed by atoms with Gasteiger partial charge in [-0.1, -0.05) is 31.4 Å². The summed E-state index contributed by atoms with van der Waals surface area (Å²) in [5.41, 5.74) is 7.16. The molecule has 1 aromatic heterocycles. The number of nitrogens with zero attached hydrogens (tertiary/aromatic N) is 3. The van der Waals surface area contributed by atoms with Crippen LogP contribution in [0.15, 0.2) is 36.5 Å². The number of nitrogens with two attached hydrogens (primary N) is 1. The van der Waals surface area contributed by atoms with Crippen LogP contribution >= 0.6 is 0 Å². The third-order valence-corrected chi connectivity index (χ3v) is 6.07. The number of rotatable bonds is 4. The molecule has 1 aliphatic carbocycles. The number of hydrogen-bond donors (Lipinski definition) is 1. The van der Waals surface area contributed by atoms with Gasteiger partial charge in [-0.2, -0.15) is 0 Å². The maximum absolute atomic E-state index is 13.8. The average molecular weight is 396 g/mol.